The van der Waals surface area contributed by atoms with E-state index in [2.05, 4.69) is 193 Å². The van der Waals surface area contributed by atoms with Gasteiger partial charge >= 0.3 is 0 Å². The Labute approximate surface area is 449 Å². The topological polar surface area (TPSA) is 114 Å². The van der Waals surface area contributed by atoms with Gasteiger partial charge in [-0.15, -0.1) is 0 Å². The molecular formula is C67H40N12. The molecule has 12 nitrogen and oxygen atoms in total. The van der Waals surface area contributed by atoms with Crippen molar-refractivity contribution in [3.8, 4) is 57.7 Å². The van der Waals surface area contributed by atoms with Crippen LogP contribution in [-0.4, -0.2) is 57.6 Å². The van der Waals surface area contributed by atoms with Crippen molar-refractivity contribution in [2.45, 2.75) is 0 Å². The molecule has 79 heavy (non-hydrogen) atoms. The van der Waals surface area contributed by atoms with Crippen molar-refractivity contribution in [1.29, 1.82) is 0 Å². The van der Waals surface area contributed by atoms with Gasteiger partial charge in [0.05, 0.1) is 55.2 Å². The van der Waals surface area contributed by atoms with Gasteiger partial charge in [0.15, 0.2) is 11.6 Å². The van der Waals surface area contributed by atoms with E-state index in [9.17, 15) is 0 Å². The van der Waals surface area contributed by atoms with Crippen LogP contribution in [0, 0.1) is 0 Å². The van der Waals surface area contributed by atoms with Crippen LogP contribution in [0.15, 0.2) is 243 Å². The lowest BCUT2D eigenvalue weighted by molar-refractivity contribution is 0.884. The van der Waals surface area contributed by atoms with E-state index >= 15 is 0 Å². The average Bonchev–Trinajstić information content (AvgIpc) is 4.42. The highest BCUT2D eigenvalue weighted by atomic mass is 15.3. The molecule has 0 unspecified atom stereocenters. The SMILES string of the molecule is c1ccc(-c2nc(-n3c4ccccc4c4ccccc43)nc(-n3c4ccccc4c4c(-c5cccc6c5c5ccccc5n6-c5nc(-c6ccccc6)nc(-n6c7ccccc7n7c8ccccc8nc67)n5)cccc43)n2)cc1. The maximum absolute atomic E-state index is 5.46. The Kier molecular flexibility index (Phi) is 9.12. The Morgan fingerprint density at radius 2 is 0.582 bits per heavy atom. The van der Waals surface area contributed by atoms with Crippen LogP contribution < -0.4 is 0 Å². The Bertz CT molecular complexity index is 5280. The molecule has 12 heteroatoms. The Morgan fingerprint density at radius 1 is 0.228 bits per heavy atom. The first-order valence-electron chi connectivity index (χ1n) is 26.3. The maximum atomic E-state index is 5.46. The fourth-order valence-electron chi connectivity index (χ4n) is 12.1. The molecule has 0 saturated heterocycles. The predicted octanol–water partition coefficient (Wildman–Crippen LogP) is 15.1. The van der Waals surface area contributed by atoms with Crippen LogP contribution in [0.25, 0.3) is 151 Å². The zero-order valence-electron chi connectivity index (χ0n) is 42.0. The van der Waals surface area contributed by atoms with Gasteiger partial charge in [-0.2, -0.15) is 29.9 Å². The van der Waals surface area contributed by atoms with E-state index in [1.165, 1.54) is 0 Å². The minimum Gasteiger partial charge on any atom is -0.278 e. The van der Waals surface area contributed by atoms with E-state index in [0.717, 1.165) is 110 Å². The van der Waals surface area contributed by atoms with Crippen LogP contribution in [0.2, 0.25) is 0 Å². The average molecular weight is 1010 g/mol. The molecule has 17 rings (SSSR count). The zero-order valence-corrected chi connectivity index (χ0v) is 42.0. The summed E-state index contributed by atoms with van der Waals surface area (Å²) in [7, 11) is 0. The van der Waals surface area contributed by atoms with Crippen LogP contribution in [0.5, 0.6) is 0 Å². The van der Waals surface area contributed by atoms with Crippen molar-refractivity contribution < 1.29 is 0 Å². The van der Waals surface area contributed by atoms with Crippen molar-refractivity contribution >= 4 is 93.3 Å². The molecule has 0 saturated carbocycles. The Balaban J connectivity index is 0.912. The summed E-state index contributed by atoms with van der Waals surface area (Å²) in [4.78, 5) is 37.3. The number of fused-ring (bicyclic) bond motifs is 14. The van der Waals surface area contributed by atoms with Crippen molar-refractivity contribution in [3.63, 3.8) is 0 Å². The summed E-state index contributed by atoms with van der Waals surface area (Å²) in [5, 5.41) is 6.53. The number of hydrogen-bond acceptors (Lipinski definition) is 7. The molecule has 7 aromatic heterocycles. The van der Waals surface area contributed by atoms with Gasteiger partial charge in [0.1, 0.15) is 0 Å². The van der Waals surface area contributed by atoms with Crippen LogP contribution in [0.1, 0.15) is 0 Å². The van der Waals surface area contributed by atoms with Gasteiger partial charge in [0, 0.05) is 43.4 Å². The third-order valence-corrected chi connectivity index (χ3v) is 15.5. The summed E-state index contributed by atoms with van der Waals surface area (Å²) in [5.74, 6) is 3.82. The predicted molar refractivity (Wildman–Crippen MR) is 316 cm³/mol. The molecule has 0 atom stereocenters. The molecule has 0 amide bonds. The Morgan fingerprint density at radius 3 is 1.08 bits per heavy atom. The zero-order chi connectivity index (χ0) is 51.7. The van der Waals surface area contributed by atoms with Gasteiger partial charge < -0.3 is 0 Å². The van der Waals surface area contributed by atoms with E-state index in [1.807, 2.05) is 72.8 Å². The Hall–Kier alpha value is -11.1. The molecule has 7 heterocycles. The lowest BCUT2D eigenvalue weighted by Gasteiger charge is -2.13. The van der Waals surface area contributed by atoms with Gasteiger partial charge in [-0.3, -0.25) is 18.1 Å². The summed E-state index contributed by atoms with van der Waals surface area (Å²) < 4.78 is 10.8. The number of nitrogens with zero attached hydrogens (tertiary/aromatic N) is 12. The van der Waals surface area contributed by atoms with Crippen molar-refractivity contribution in [2.75, 3.05) is 0 Å². The fraction of sp³-hybridized carbons (Fsp3) is 0. The number of imidazole rings is 2. The number of para-hydroxylation sites is 8. The van der Waals surface area contributed by atoms with Crippen molar-refractivity contribution in [1.82, 2.24) is 57.6 Å². The van der Waals surface area contributed by atoms with E-state index < -0.39 is 0 Å². The highest BCUT2D eigenvalue weighted by Gasteiger charge is 2.26. The number of rotatable bonds is 7. The van der Waals surface area contributed by atoms with Gasteiger partial charge in [0.2, 0.25) is 29.6 Å². The minimum atomic E-state index is 0.458. The van der Waals surface area contributed by atoms with Gasteiger partial charge in [-0.25, -0.2) is 9.55 Å². The van der Waals surface area contributed by atoms with Crippen molar-refractivity contribution in [3.05, 3.63) is 243 Å². The van der Waals surface area contributed by atoms with Crippen molar-refractivity contribution in [2.24, 2.45) is 0 Å². The number of benzene rings is 10. The quantitative estimate of drug-likeness (QED) is 0.156. The summed E-state index contributed by atoms with van der Waals surface area (Å²) in [6.07, 6.45) is 0. The van der Waals surface area contributed by atoms with E-state index in [4.69, 9.17) is 34.9 Å². The molecule has 0 bridgehead atoms. The van der Waals surface area contributed by atoms with Gasteiger partial charge in [-0.05, 0) is 71.8 Å². The fourth-order valence-corrected chi connectivity index (χ4v) is 12.1. The first-order chi connectivity index (χ1) is 39.2. The summed E-state index contributed by atoms with van der Waals surface area (Å²) >= 11 is 0. The monoisotopic (exact) mass is 1010 g/mol. The highest BCUT2D eigenvalue weighted by molar-refractivity contribution is 6.22. The van der Waals surface area contributed by atoms with E-state index in [1.54, 1.807) is 0 Å². The first-order valence-corrected chi connectivity index (χ1v) is 26.3. The molecule has 368 valence electrons. The van der Waals surface area contributed by atoms with E-state index in [0.29, 0.717) is 41.2 Å². The van der Waals surface area contributed by atoms with Crippen LogP contribution in [0.4, 0.5) is 0 Å². The van der Waals surface area contributed by atoms with Gasteiger partial charge in [-0.1, -0.05) is 182 Å². The molecular weight excluding hydrogens is 973 g/mol. The second-order valence-electron chi connectivity index (χ2n) is 19.8. The second kappa shape index (κ2) is 16.7. The summed E-state index contributed by atoms with van der Waals surface area (Å²) in [5.41, 5.74) is 13.6. The minimum absolute atomic E-state index is 0.458. The van der Waals surface area contributed by atoms with Crippen LogP contribution in [-0.2, 0) is 0 Å². The van der Waals surface area contributed by atoms with Crippen LogP contribution >= 0.6 is 0 Å². The molecule has 0 aliphatic heterocycles. The molecule has 0 N–H and O–H groups in total. The summed E-state index contributed by atoms with van der Waals surface area (Å²) in [6.45, 7) is 0. The lowest BCUT2D eigenvalue weighted by atomic mass is 9.95. The first kappa shape index (κ1) is 43.2. The molecule has 0 radical (unpaired) electrons. The van der Waals surface area contributed by atoms with E-state index in [-0.39, 0.29) is 0 Å². The summed E-state index contributed by atoms with van der Waals surface area (Å²) in [6, 6.07) is 83.9. The highest BCUT2D eigenvalue weighted by Crippen LogP contribution is 2.44. The number of hydrogen-bond donors (Lipinski definition) is 0. The molecule has 0 fully saturated rings. The third-order valence-electron chi connectivity index (χ3n) is 15.5. The molecule has 10 aromatic carbocycles. The number of aromatic nitrogens is 12. The maximum Gasteiger partial charge on any atom is 0.242 e. The van der Waals surface area contributed by atoms with Gasteiger partial charge in [0.25, 0.3) is 0 Å². The lowest BCUT2D eigenvalue weighted by Crippen LogP contribution is -2.10. The van der Waals surface area contributed by atoms with Crippen LogP contribution in [0.3, 0.4) is 0 Å². The third kappa shape index (κ3) is 6.33. The standard InChI is InChI=1S/C67H40N12/c1-3-21-41(22-4-1)61-69-63(75-50-32-12-7-25-43(50)44-26-8-13-33-51(44)75)73-64(70-61)76-52-34-14-9-27-47(52)59-45(29-19-39-57(59)76)46-30-20-40-58-60(46)48-28-10-15-35-53(48)77(58)65-71-62(42-23-5-2-6-24-42)72-66(74-65)79-56-38-18-17-37-55(56)78-54-36-16-11-31-49(54)68-67(78)79/h1-40H. The molecule has 0 aliphatic carbocycles. The molecule has 0 aliphatic rings. The molecule has 17 aromatic rings. The molecule has 0 spiro atoms. The largest absolute Gasteiger partial charge is 0.278 e. The second-order valence-corrected chi connectivity index (χ2v) is 19.8. The smallest absolute Gasteiger partial charge is 0.242 e. The normalized spacial score (nSPS) is 12.1.